The lowest BCUT2D eigenvalue weighted by Gasteiger charge is -2.04. The molecule has 5 nitrogen and oxygen atoms in total. The number of hydrogen-bond donors (Lipinski definition) is 2. The molecule has 15 heavy (non-hydrogen) atoms. The second-order valence-corrected chi connectivity index (χ2v) is 4.18. The van der Waals surface area contributed by atoms with Crippen LogP contribution >= 0.6 is 11.8 Å². The Morgan fingerprint density at radius 2 is 2.27 bits per heavy atom. The van der Waals surface area contributed by atoms with Gasteiger partial charge in [-0.2, -0.15) is 0 Å². The maximum atomic E-state index is 11.3. The fraction of sp³-hybridized carbons (Fsp3) is 0.667. The van der Waals surface area contributed by atoms with Crippen LogP contribution in [0.1, 0.15) is 19.8 Å². The largest absolute Gasteiger partial charge is 0.348 e. The number of nitrogens with one attached hydrogen (secondary N) is 2. The minimum Gasteiger partial charge on any atom is -0.348 e. The van der Waals surface area contributed by atoms with Crippen molar-refractivity contribution in [3.8, 4) is 0 Å². The Labute approximate surface area is 93.1 Å². The van der Waals surface area contributed by atoms with Crippen molar-refractivity contribution in [3.63, 3.8) is 0 Å². The first-order valence-electron chi connectivity index (χ1n) is 5.00. The molecule has 1 rings (SSSR count). The standard InChI is InChI=1S/C9H15N3O2S/c1-2-3-4-10-7(13)8(14)12-9-11-5-6-15-9/h2-6H2,1H3,(H,10,13)(H,11,12,14). The number of nitrogens with zero attached hydrogens (tertiary/aromatic N) is 1. The molecule has 0 saturated heterocycles. The van der Waals surface area contributed by atoms with Crippen LogP contribution in [0, 0.1) is 0 Å². The van der Waals surface area contributed by atoms with Gasteiger partial charge >= 0.3 is 11.8 Å². The fourth-order valence-corrected chi connectivity index (χ4v) is 1.75. The van der Waals surface area contributed by atoms with Gasteiger partial charge in [-0.1, -0.05) is 25.1 Å². The van der Waals surface area contributed by atoms with Gasteiger partial charge in [0.25, 0.3) is 0 Å². The number of carbonyl (C=O) groups excluding carboxylic acids is 2. The molecule has 0 aromatic heterocycles. The van der Waals surface area contributed by atoms with Crippen LogP contribution in [0.5, 0.6) is 0 Å². The zero-order valence-corrected chi connectivity index (χ0v) is 9.52. The number of amides is 2. The van der Waals surface area contributed by atoms with Gasteiger partial charge in [0.15, 0.2) is 5.17 Å². The maximum Gasteiger partial charge on any atom is 0.315 e. The van der Waals surface area contributed by atoms with E-state index in [2.05, 4.69) is 15.6 Å². The van der Waals surface area contributed by atoms with Crippen molar-refractivity contribution in [1.29, 1.82) is 0 Å². The van der Waals surface area contributed by atoms with Gasteiger partial charge in [-0.05, 0) is 6.42 Å². The first-order chi connectivity index (χ1) is 7.24. The first-order valence-corrected chi connectivity index (χ1v) is 5.99. The number of aliphatic imine (C=N–C) groups is 1. The van der Waals surface area contributed by atoms with E-state index in [1.54, 1.807) is 0 Å². The van der Waals surface area contributed by atoms with Gasteiger partial charge in [-0.3, -0.25) is 19.9 Å². The summed E-state index contributed by atoms with van der Waals surface area (Å²) in [7, 11) is 0. The van der Waals surface area contributed by atoms with Gasteiger partial charge in [-0.25, -0.2) is 0 Å². The van der Waals surface area contributed by atoms with E-state index in [1.165, 1.54) is 11.8 Å². The SMILES string of the molecule is CCCCNC(=O)C(=O)NC1=NCCS1. The van der Waals surface area contributed by atoms with E-state index < -0.39 is 11.8 Å². The quantitative estimate of drug-likeness (QED) is 0.533. The number of amidine groups is 1. The van der Waals surface area contributed by atoms with E-state index in [0.717, 1.165) is 18.6 Å². The van der Waals surface area contributed by atoms with Gasteiger partial charge < -0.3 is 5.32 Å². The van der Waals surface area contributed by atoms with Crippen LogP contribution in [0.2, 0.25) is 0 Å². The minimum absolute atomic E-state index is 0.544. The van der Waals surface area contributed by atoms with Crippen LogP contribution in [0.3, 0.4) is 0 Å². The highest BCUT2D eigenvalue weighted by molar-refractivity contribution is 8.14. The van der Waals surface area contributed by atoms with E-state index in [0.29, 0.717) is 18.3 Å². The monoisotopic (exact) mass is 229 g/mol. The maximum absolute atomic E-state index is 11.3. The highest BCUT2D eigenvalue weighted by Gasteiger charge is 2.16. The normalized spacial score (nSPS) is 14.6. The third-order valence-corrected chi connectivity index (χ3v) is 2.72. The summed E-state index contributed by atoms with van der Waals surface area (Å²) < 4.78 is 0. The molecule has 0 saturated carbocycles. The summed E-state index contributed by atoms with van der Waals surface area (Å²) in [6.07, 6.45) is 1.87. The van der Waals surface area contributed by atoms with Crippen molar-refractivity contribution in [1.82, 2.24) is 10.6 Å². The lowest BCUT2D eigenvalue weighted by atomic mass is 10.3. The number of thioether (sulfide) groups is 1. The summed E-state index contributed by atoms with van der Waals surface area (Å²) in [6, 6.07) is 0. The van der Waals surface area contributed by atoms with E-state index in [9.17, 15) is 9.59 Å². The van der Waals surface area contributed by atoms with Gasteiger partial charge in [0.2, 0.25) is 0 Å². The van der Waals surface area contributed by atoms with E-state index in [-0.39, 0.29) is 0 Å². The van der Waals surface area contributed by atoms with E-state index >= 15 is 0 Å². The Kier molecular flexibility index (Phi) is 5.17. The molecule has 0 fully saturated rings. The number of hydrogen-bond acceptors (Lipinski definition) is 4. The van der Waals surface area contributed by atoms with Gasteiger partial charge in [0.05, 0.1) is 6.54 Å². The van der Waals surface area contributed by atoms with Gasteiger partial charge in [-0.15, -0.1) is 0 Å². The summed E-state index contributed by atoms with van der Waals surface area (Å²) in [6.45, 7) is 3.27. The summed E-state index contributed by atoms with van der Waals surface area (Å²) in [5, 5.41) is 5.56. The molecule has 0 bridgehead atoms. The second kappa shape index (κ2) is 6.44. The molecule has 1 aliphatic rings. The number of rotatable bonds is 3. The average molecular weight is 229 g/mol. The van der Waals surface area contributed by atoms with Crippen molar-refractivity contribution in [3.05, 3.63) is 0 Å². The third kappa shape index (κ3) is 4.33. The summed E-state index contributed by atoms with van der Waals surface area (Å²) in [4.78, 5) is 26.5. The van der Waals surface area contributed by atoms with Crippen LogP contribution in [0.25, 0.3) is 0 Å². The van der Waals surface area contributed by atoms with Crippen LogP contribution in [0.4, 0.5) is 0 Å². The lowest BCUT2D eigenvalue weighted by molar-refractivity contribution is -0.138. The highest BCUT2D eigenvalue weighted by atomic mass is 32.2. The summed E-state index contributed by atoms with van der Waals surface area (Å²) in [5.41, 5.74) is 0. The third-order valence-electron chi connectivity index (χ3n) is 1.83. The molecule has 2 amide bonds. The van der Waals surface area contributed by atoms with Crippen molar-refractivity contribution in [2.75, 3.05) is 18.8 Å². The topological polar surface area (TPSA) is 70.6 Å². The van der Waals surface area contributed by atoms with Gasteiger partial charge in [0.1, 0.15) is 0 Å². The Bertz CT molecular complexity index is 279. The smallest absolute Gasteiger partial charge is 0.315 e. The molecule has 84 valence electrons. The minimum atomic E-state index is -0.626. The molecule has 0 aromatic carbocycles. The van der Waals surface area contributed by atoms with Crippen molar-refractivity contribution in [2.45, 2.75) is 19.8 Å². The molecule has 0 aromatic rings. The van der Waals surface area contributed by atoms with E-state index in [1.807, 2.05) is 6.92 Å². The molecule has 0 radical (unpaired) electrons. The molecule has 0 spiro atoms. The zero-order valence-electron chi connectivity index (χ0n) is 8.71. The molecular formula is C9H15N3O2S. The molecule has 1 heterocycles. The van der Waals surface area contributed by atoms with Crippen LogP contribution in [0.15, 0.2) is 4.99 Å². The predicted octanol–water partition coefficient (Wildman–Crippen LogP) is 0.122. The first kappa shape index (κ1) is 12.0. The second-order valence-electron chi connectivity index (χ2n) is 3.10. The Balaban J connectivity index is 2.23. The Hall–Kier alpha value is -1.04. The van der Waals surface area contributed by atoms with Crippen LogP contribution in [-0.4, -0.2) is 35.8 Å². The van der Waals surface area contributed by atoms with Crippen molar-refractivity contribution < 1.29 is 9.59 Å². The van der Waals surface area contributed by atoms with Crippen molar-refractivity contribution >= 4 is 28.7 Å². The van der Waals surface area contributed by atoms with Gasteiger partial charge in [0, 0.05) is 12.3 Å². The lowest BCUT2D eigenvalue weighted by Crippen LogP contribution is -2.41. The molecule has 1 aliphatic heterocycles. The van der Waals surface area contributed by atoms with E-state index in [4.69, 9.17) is 0 Å². The van der Waals surface area contributed by atoms with Crippen LogP contribution < -0.4 is 10.6 Å². The molecule has 2 N–H and O–H groups in total. The summed E-state index contributed by atoms with van der Waals surface area (Å²) >= 11 is 1.45. The number of unbranched alkanes of at least 4 members (excludes halogenated alkanes) is 1. The Morgan fingerprint density at radius 1 is 1.47 bits per heavy atom. The number of carbonyl (C=O) groups is 2. The zero-order chi connectivity index (χ0) is 11.1. The Morgan fingerprint density at radius 3 is 2.87 bits per heavy atom. The molecule has 0 unspecified atom stereocenters. The highest BCUT2D eigenvalue weighted by Crippen LogP contribution is 2.08. The molecule has 6 heteroatoms. The fourth-order valence-electron chi connectivity index (χ4n) is 1.02. The predicted molar refractivity (Wildman–Crippen MR) is 60.8 cm³/mol. The summed E-state index contributed by atoms with van der Waals surface area (Å²) in [5.74, 6) is -0.342. The molecule has 0 aliphatic carbocycles. The van der Waals surface area contributed by atoms with Crippen molar-refractivity contribution in [2.24, 2.45) is 4.99 Å². The molecular weight excluding hydrogens is 214 g/mol. The average Bonchev–Trinajstić information content (AvgIpc) is 2.70. The molecule has 0 atom stereocenters. The van der Waals surface area contributed by atoms with Crippen LogP contribution in [-0.2, 0) is 9.59 Å².